The number of urea groups is 1. The van der Waals surface area contributed by atoms with Crippen LogP contribution in [0.15, 0.2) is 138 Å². The molecular formula is C45H42Cl2FN3O5S. The van der Waals surface area contributed by atoms with E-state index >= 15 is 0 Å². The smallest absolute Gasteiger partial charge is 0.322 e. The number of carbonyl (C=O) groups is 1. The van der Waals surface area contributed by atoms with E-state index in [2.05, 4.69) is 10.0 Å². The Morgan fingerprint density at radius 3 is 2.09 bits per heavy atom. The highest BCUT2D eigenvalue weighted by atomic mass is 35.5. The van der Waals surface area contributed by atoms with Gasteiger partial charge >= 0.3 is 6.03 Å². The maximum absolute atomic E-state index is 13.5. The van der Waals surface area contributed by atoms with Crippen LogP contribution in [0.1, 0.15) is 41.7 Å². The fourth-order valence-corrected chi connectivity index (χ4v) is 8.06. The highest BCUT2D eigenvalue weighted by Gasteiger charge is 2.25. The molecule has 8 nitrogen and oxygen atoms in total. The Hall–Kier alpha value is -5.39. The summed E-state index contributed by atoms with van der Waals surface area (Å²) in [6, 6.07) is 38.9. The summed E-state index contributed by atoms with van der Waals surface area (Å²) in [6.45, 7) is 5.16. The Morgan fingerprint density at radius 2 is 1.42 bits per heavy atom. The lowest BCUT2D eigenvalue weighted by Gasteiger charge is -2.25. The average molecular weight is 827 g/mol. The zero-order valence-electron chi connectivity index (χ0n) is 31.4. The van der Waals surface area contributed by atoms with E-state index in [4.69, 9.17) is 27.9 Å². The molecule has 0 saturated carbocycles. The zero-order valence-corrected chi connectivity index (χ0v) is 33.7. The lowest BCUT2D eigenvalue weighted by Crippen LogP contribution is -2.37. The van der Waals surface area contributed by atoms with Gasteiger partial charge in [0, 0.05) is 36.8 Å². The number of halogens is 3. The second kappa shape index (κ2) is 18.7. The van der Waals surface area contributed by atoms with Gasteiger partial charge in [-0.05, 0) is 87.3 Å². The quantitative estimate of drug-likeness (QED) is 0.0956. The van der Waals surface area contributed by atoms with Gasteiger partial charge in [0.05, 0.1) is 5.02 Å². The third kappa shape index (κ3) is 11.1. The SMILES string of the molecule is CC(C)CN(Cc1cccc(CNS(=O)(=O)c2cc(Cl)c(Cc3ccc(-c4ccc(F)cc4)cc3)c(Cl)c2O)c1)C(=O)Nc1ccc(OCc2ccccc2)cc1. The second-order valence-corrected chi connectivity index (χ2v) is 16.5. The molecule has 0 unspecified atom stereocenters. The first-order valence-electron chi connectivity index (χ1n) is 18.3. The minimum atomic E-state index is -4.26. The van der Waals surface area contributed by atoms with Crippen molar-refractivity contribution in [3.05, 3.63) is 177 Å². The summed E-state index contributed by atoms with van der Waals surface area (Å²) in [7, 11) is -4.26. The van der Waals surface area contributed by atoms with Crippen molar-refractivity contribution in [2.75, 3.05) is 11.9 Å². The maximum atomic E-state index is 13.5. The van der Waals surface area contributed by atoms with E-state index in [0.717, 1.165) is 27.8 Å². The Balaban J connectivity index is 1.08. The van der Waals surface area contributed by atoms with Gasteiger partial charge in [-0.3, -0.25) is 0 Å². The van der Waals surface area contributed by atoms with Gasteiger partial charge in [-0.2, -0.15) is 0 Å². The molecule has 6 aromatic carbocycles. The molecule has 2 amide bonds. The van der Waals surface area contributed by atoms with Crippen molar-refractivity contribution in [2.45, 2.75) is 44.9 Å². The molecule has 12 heteroatoms. The van der Waals surface area contributed by atoms with Crippen LogP contribution < -0.4 is 14.8 Å². The first-order chi connectivity index (χ1) is 27.3. The van der Waals surface area contributed by atoms with Gasteiger partial charge in [-0.25, -0.2) is 22.3 Å². The molecule has 0 saturated heterocycles. The predicted octanol–water partition coefficient (Wildman–Crippen LogP) is 10.8. The van der Waals surface area contributed by atoms with Gasteiger partial charge in [0.2, 0.25) is 10.0 Å². The van der Waals surface area contributed by atoms with Gasteiger partial charge in [-0.15, -0.1) is 0 Å². The molecule has 6 aromatic rings. The normalized spacial score (nSPS) is 11.4. The number of carbonyl (C=O) groups excluding carboxylic acids is 1. The molecule has 0 aliphatic rings. The van der Waals surface area contributed by atoms with Crippen LogP contribution in [0.2, 0.25) is 10.0 Å². The van der Waals surface area contributed by atoms with Crippen LogP contribution in [0.5, 0.6) is 11.5 Å². The van der Waals surface area contributed by atoms with Crippen LogP contribution in [-0.4, -0.2) is 31.0 Å². The van der Waals surface area contributed by atoms with E-state index in [0.29, 0.717) is 35.7 Å². The summed E-state index contributed by atoms with van der Waals surface area (Å²) in [5.74, 6) is -0.0539. The van der Waals surface area contributed by atoms with Crippen LogP contribution in [0.4, 0.5) is 14.9 Å². The van der Waals surface area contributed by atoms with Crippen LogP contribution in [0.25, 0.3) is 11.1 Å². The first-order valence-corrected chi connectivity index (χ1v) is 20.5. The van der Waals surface area contributed by atoms with Crippen molar-refractivity contribution in [3.8, 4) is 22.6 Å². The van der Waals surface area contributed by atoms with Gasteiger partial charge in [0.15, 0.2) is 5.75 Å². The van der Waals surface area contributed by atoms with Crippen LogP contribution in [0.3, 0.4) is 0 Å². The van der Waals surface area contributed by atoms with Gasteiger partial charge in [0.25, 0.3) is 0 Å². The van der Waals surface area contributed by atoms with E-state index in [-0.39, 0.29) is 47.3 Å². The minimum Gasteiger partial charge on any atom is -0.505 e. The number of sulfonamides is 1. The molecule has 0 bridgehead atoms. The zero-order chi connectivity index (χ0) is 40.5. The molecule has 6 rings (SSSR count). The number of ether oxygens (including phenoxy) is 1. The number of rotatable bonds is 15. The summed E-state index contributed by atoms with van der Waals surface area (Å²) in [5, 5.41) is 13.9. The number of hydrogen-bond donors (Lipinski definition) is 3. The van der Waals surface area contributed by atoms with E-state index in [1.165, 1.54) is 18.2 Å². The number of nitrogens with zero attached hydrogens (tertiary/aromatic N) is 1. The monoisotopic (exact) mass is 825 g/mol. The number of amides is 2. The highest BCUT2D eigenvalue weighted by molar-refractivity contribution is 7.89. The van der Waals surface area contributed by atoms with Gasteiger partial charge in [0.1, 0.15) is 23.1 Å². The maximum Gasteiger partial charge on any atom is 0.322 e. The molecular weight excluding hydrogens is 784 g/mol. The van der Waals surface area contributed by atoms with Gasteiger partial charge in [-0.1, -0.05) is 128 Å². The molecule has 0 heterocycles. The Labute approximate surface area is 342 Å². The van der Waals surface area contributed by atoms with E-state index < -0.39 is 20.7 Å². The van der Waals surface area contributed by atoms with Crippen LogP contribution >= 0.6 is 23.2 Å². The number of anilines is 1. The van der Waals surface area contributed by atoms with Crippen molar-refractivity contribution in [2.24, 2.45) is 5.92 Å². The second-order valence-electron chi connectivity index (χ2n) is 14.0. The number of benzene rings is 6. The molecule has 0 aromatic heterocycles. The first kappa shape index (κ1) is 41.2. The third-order valence-corrected chi connectivity index (χ3v) is 11.3. The van der Waals surface area contributed by atoms with Crippen molar-refractivity contribution in [1.29, 1.82) is 0 Å². The molecule has 0 spiro atoms. The Kier molecular flexibility index (Phi) is 13.5. The molecule has 0 aliphatic carbocycles. The van der Waals surface area contributed by atoms with E-state index in [1.54, 1.807) is 41.3 Å². The highest BCUT2D eigenvalue weighted by Crippen LogP contribution is 2.40. The summed E-state index contributed by atoms with van der Waals surface area (Å²) in [6.07, 6.45) is 0.234. The molecule has 3 N–H and O–H groups in total. The van der Waals surface area contributed by atoms with Crippen molar-refractivity contribution >= 4 is 44.9 Å². The summed E-state index contributed by atoms with van der Waals surface area (Å²) >= 11 is 13.1. The molecule has 0 aliphatic heterocycles. The summed E-state index contributed by atoms with van der Waals surface area (Å²) in [5.41, 5.74) is 6.06. The number of aromatic hydroxyl groups is 1. The molecule has 0 fully saturated rings. The lowest BCUT2D eigenvalue weighted by molar-refractivity contribution is 0.201. The fourth-order valence-electron chi connectivity index (χ4n) is 6.21. The molecule has 0 radical (unpaired) electrons. The topological polar surface area (TPSA) is 108 Å². The average Bonchev–Trinajstić information content (AvgIpc) is 3.20. The Morgan fingerprint density at radius 1 is 0.789 bits per heavy atom. The Bertz CT molecular complexity index is 2410. The fraction of sp³-hybridized carbons (Fsp3) is 0.178. The largest absolute Gasteiger partial charge is 0.505 e. The molecule has 294 valence electrons. The predicted molar refractivity (Wildman–Crippen MR) is 225 cm³/mol. The van der Waals surface area contributed by atoms with Crippen molar-refractivity contribution < 1.29 is 27.4 Å². The standard InChI is InChI=1S/C45H42Cl2FN3O5S/c1-30(2)27-51(45(53)50-38-19-21-39(22-20-38)56-29-32-7-4-3-5-8-32)28-34-10-6-9-33(23-34)26-49-57(54,55)42-25-41(46)40(43(47)44(42)52)24-31-11-13-35(14-12-31)36-15-17-37(48)18-16-36/h3-23,25,30,49,52H,24,26-29H2,1-2H3,(H,50,53). The number of phenolic OH excluding ortho intramolecular Hbond substituents is 1. The van der Waals surface area contributed by atoms with Crippen LogP contribution in [-0.2, 0) is 36.1 Å². The number of hydrogen-bond acceptors (Lipinski definition) is 5. The van der Waals surface area contributed by atoms with Crippen LogP contribution in [0, 0.1) is 11.7 Å². The molecule has 0 atom stereocenters. The minimum absolute atomic E-state index is 0.0821. The van der Waals surface area contributed by atoms with Crippen molar-refractivity contribution in [3.63, 3.8) is 0 Å². The summed E-state index contributed by atoms with van der Waals surface area (Å²) in [4.78, 5) is 14.7. The van der Waals surface area contributed by atoms with Gasteiger partial charge < -0.3 is 20.1 Å². The summed E-state index contributed by atoms with van der Waals surface area (Å²) < 4.78 is 48.7. The van der Waals surface area contributed by atoms with E-state index in [9.17, 15) is 22.7 Å². The molecule has 57 heavy (non-hydrogen) atoms. The third-order valence-electron chi connectivity index (χ3n) is 9.11. The van der Waals surface area contributed by atoms with E-state index in [1.807, 2.05) is 92.7 Å². The number of nitrogens with one attached hydrogen (secondary N) is 2. The number of phenols is 1. The van der Waals surface area contributed by atoms with Crippen molar-refractivity contribution in [1.82, 2.24) is 9.62 Å². The lowest BCUT2D eigenvalue weighted by atomic mass is 10.00.